The number of hydrogen-bond donors (Lipinski definition) is 3. The minimum atomic E-state index is -1.01. The van der Waals surface area contributed by atoms with E-state index in [1.54, 1.807) is 13.2 Å². The SMILES string of the molecule is CNCC(Nc1ncnc2c(C(=O)O)cccc12)c1ccc(OC)cc1. The second-order valence-corrected chi connectivity index (χ2v) is 5.76. The Hall–Kier alpha value is -3.19. The van der Waals surface area contributed by atoms with Crippen LogP contribution in [0.5, 0.6) is 5.75 Å². The molecule has 134 valence electrons. The number of nitrogens with zero attached hydrogens (tertiary/aromatic N) is 2. The first-order valence-electron chi connectivity index (χ1n) is 8.16. The number of para-hydroxylation sites is 1. The Morgan fingerprint density at radius 2 is 1.96 bits per heavy atom. The van der Waals surface area contributed by atoms with Crippen molar-refractivity contribution in [2.24, 2.45) is 0 Å². The van der Waals surface area contributed by atoms with Crippen molar-refractivity contribution in [3.8, 4) is 5.75 Å². The number of ether oxygens (including phenoxy) is 1. The van der Waals surface area contributed by atoms with Gasteiger partial charge in [-0.3, -0.25) is 0 Å². The van der Waals surface area contributed by atoms with Crippen LogP contribution in [0.3, 0.4) is 0 Å². The fourth-order valence-corrected chi connectivity index (χ4v) is 2.83. The quantitative estimate of drug-likeness (QED) is 0.601. The molecule has 3 rings (SSSR count). The maximum Gasteiger partial charge on any atom is 0.337 e. The lowest BCUT2D eigenvalue weighted by atomic mass is 10.1. The zero-order valence-corrected chi connectivity index (χ0v) is 14.6. The van der Waals surface area contributed by atoms with Gasteiger partial charge in [0, 0.05) is 11.9 Å². The van der Waals surface area contributed by atoms with Crippen molar-refractivity contribution in [3.05, 3.63) is 59.9 Å². The van der Waals surface area contributed by atoms with Crippen LogP contribution in [0.1, 0.15) is 22.0 Å². The number of carboxylic acid groups (broad SMARTS) is 1. The molecule has 3 N–H and O–H groups in total. The molecule has 0 bridgehead atoms. The number of carbonyl (C=O) groups is 1. The van der Waals surface area contributed by atoms with Crippen LogP contribution in [-0.2, 0) is 0 Å². The third-order valence-electron chi connectivity index (χ3n) is 4.13. The van der Waals surface area contributed by atoms with E-state index in [1.165, 1.54) is 12.4 Å². The van der Waals surface area contributed by atoms with Crippen LogP contribution < -0.4 is 15.4 Å². The fourth-order valence-electron chi connectivity index (χ4n) is 2.83. The van der Waals surface area contributed by atoms with Crippen LogP contribution in [0.4, 0.5) is 5.82 Å². The average Bonchev–Trinajstić information content (AvgIpc) is 2.67. The Bertz CT molecular complexity index is 912. The number of carboxylic acids is 1. The van der Waals surface area contributed by atoms with Gasteiger partial charge in [-0.05, 0) is 36.9 Å². The van der Waals surface area contributed by atoms with Gasteiger partial charge in [0.05, 0.1) is 24.2 Å². The lowest BCUT2D eigenvalue weighted by Gasteiger charge is -2.20. The normalized spacial score (nSPS) is 11.9. The summed E-state index contributed by atoms with van der Waals surface area (Å²) < 4.78 is 5.21. The largest absolute Gasteiger partial charge is 0.497 e. The summed E-state index contributed by atoms with van der Waals surface area (Å²) >= 11 is 0. The summed E-state index contributed by atoms with van der Waals surface area (Å²) in [6.45, 7) is 0.663. The van der Waals surface area contributed by atoms with E-state index in [1.807, 2.05) is 37.4 Å². The first-order chi connectivity index (χ1) is 12.6. The standard InChI is InChI=1S/C19H20N4O3/c1-20-10-16(12-6-8-13(26-2)9-7-12)23-18-14-4-3-5-15(19(24)25)17(14)21-11-22-18/h3-9,11,16,20H,10H2,1-2H3,(H,24,25)(H,21,22,23). The molecule has 0 aliphatic heterocycles. The maximum absolute atomic E-state index is 11.4. The van der Waals surface area contributed by atoms with Crippen LogP contribution in [0.15, 0.2) is 48.8 Å². The van der Waals surface area contributed by atoms with Gasteiger partial charge in [-0.2, -0.15) is 0 Å². The van der Waals surface area contributed by atoms with Crippen molar-refractivity contribution >= 4 is 22.7 Å². The van der Waals surface area contributed by atoms with Crippen LogP contribution in [-0.4, -0.2) is 41.7 Å². The highest BCUT2D eigenvalue weighted by Gasteiger charge is 2.16. The van der Waals surface area contributed by atoms with Crippen molar-refractivity contribution in [1.82, 2.24) is 15.3 Å². The van der Waals surface area contributed by atoms with Gasteiger partial charge in [-0.15, -0.1) is 0 Å². The minimum Gasteiger partial charge on any atom is -0.497 e. The highest BCUT2D eigenvalue weighted by molar-refractivity contribution is 6.04. The number of fused-ring (bicyclic) bond motifs is 1. The van der Waals surface area contributed by atoms with Crippen LogP contribution in [0.25, 0.3) is 10.9 Å². The van der Waals surface area contributed by atoms with Crippen molar-refractivity contribution in [2.75, 3.05) is 26.0 Å². The zero-order chi connectivity index (χ0) is 18.5. The second-order valence-electron chi connectivity index (χ2n) is 5.76. The van der Waals surface area contributed by atoms with E-state index in [0.29, 0.717) is 23.3 Å². The first kappa shape index (κ1) is 17.6. The van der Waals surface area contributed by atoms with E-state index in [9.17, 15) is 9.90 Å². The predicted octanol–water partition coefficient (Wildman–Crippen LogP) is 2.71. The smallest absolute Gasteiger partial charge is 0.337 e. The molecule has 0 aliphatic rings. The Morgan fingerprint density at radius 1 is 1.19 bits per heavy atom. The second kappa shape index (κ2) is 7.79. The number of benzene rings is 2. The summed E-state index contributed by atoms with van der Waals surface area (Å²) in [6, 6.07) is 12.8. The molecule has 1 atom stereocenters. The molecular weight excluding hydrogens is 332 g/mol. The van der Waals surface area contributed by atoms with Crippen LogP contribution in [0.2, 0.25) is 0 Å². The molecule has 1 heterocycles. The fraction of sp³-hybridized carbons (Fsp3) is 0.211. The first-order valence-corrected chi connectivity index (χ1v) is 8.16. The van der Waals surface area contributed by atoms with E-state index >= 15 is 0 Å². The van der Waals surface area contributed by atoms with Crippen molar-refractivity contribution < 1.29 is 14.6 Å². The molecule has 0 amide bonds. The summed E-state index contributed by atoms with van der Waals surface area (Å²) in [6.07, 6.45) is 1.38. The van der Waals surface area contributed by atoms with E-state index in [2.05, 4.69) is 20.6 Å². The topological polar surface area (TPSA) is 96.4 Å². The van der Waals surface area contributed by atoms with Gasteiger partial charge in [0.15, 0.2) is 0 Å². The van der Waals surface area contributed by atoms with Gasteiger partial charge in [0.2, 0.25) is 0 Å². The highest BCUT2D eigenvalue weighted by atomic mass is 16.5. The van der Waals surface area contributed by atoms with E-state index in [4.69, 9.17) is 4.74 Å². The van der Waals surface area contributed by atoms with Crippen molar-refractivity contribution in [2.45, 2.75) is 6.04 Å². The van der Waals surface area contributed by atoms with Crippen molar-refractivity contribution in [3.63, 3.8) is 0 Å². The van der Waals surface area contributed by atoms with Gasteiger partial charge < -0.3 is 20.5 Å². The molecular formula is C19H20N4O3. The average molecular weight is 352 g/mol. The maximum atomic E-state index is 11.4. The molecule has 0 radical (unpaired) electrons. The molecule has 3 aromatic rings. The number of methoxy groups -OCH3 is 1. The number of anilines is 1. The van der Waals surface area contributed by atoms with E-state index in [0.717, 1.165) is 11.3 Å². The Labute approximate surface area is 151 Å². The molecule has 2 aromatic carbocycles. The molecule has 1 aromatic heterocycles. The number of aromatic carboxylic acids is 1. The van der Waals surface area contributed by atoms with Gasteiger partial charge in [0.1, 0.15) is 17.9 Å². The molecule has 0 aliphatic carbocycles. The van der Waals surface area contributed by atoms with Crippen LogP contribution in [0, 0.1) is 0 Å². The van der Waals surface area contributed by atoms with Crippen molar-refractivity contribution in [1.29, 1.82) is 0 Å². The predicted molar refractivity (Wildman–Crippen MR) is 99.8 cm³/mol. The lowest BCUT2D eigenvalue weighted by molar-refractivity contribution is 0.0699. The Balaban J connectivity index is 1.98. The molecule has 1 unspecified atom stereocenters. The van der Waals surface area contributed by atoms with Gasteiger partial charge in [-0.25, -0.2) is 14.8 Å². The molecule has 7 heteroatoms. The summed E-state index contributed by atoms with van der Waals surface area (Å²) in [5, 5.41) is 16.6. The molecule has 0 saturated heterocycles. The molecule has 7 nitrogen and oxygen atoms in total. The number of nitrogens with one attached hydrogen (secondary N) is 2. The molecule has 0 spiro atoms. The van der Waals surface area contributed by atoms with Gasteiger partial charge in [-0.1, -0.05) is 18.2 Å². The number of likely N-dealkylation sites (N-methyl/N-ethyl adjacent to an activating group) is 1. The van der Waals surface area contributed by atoms with E-state index in [-0.39, 0.29) is 11.6 Å². The number of aromatic nitrogens is 2. The summed E-state index contributed by atoms with van der Waals surface area (Å²) in [7, 11) is 3.50. The highest BCUT2D eigenvalue weighted by Crippen LogP contribution is 2.26. The lowest BCUT2D eigenvalue weighted by Crippen LogP contribution is -2.24. The summed E-state index contributed by atoms with van der Waals surface area (Å²) in [4.78, 5) is 19.9. The van der Waals surface area contributed by atoms with E-state index < -0.39 is 5.97 Å². The van der Waals surface area contributed by atoms with Gasteiger partial charge in [0.25, 0.3) is 0 Å². The Morgan fingerprint density at radius 3 is 2.62 bits per heavy atom. The zero-order valence-electron chi connectivity index (χ0n) is 14.6. The van der Waals surface area contributed by atoms with Crippen LogP contribution >= 0.6 is 0 Å². The third kappa shape index (κ3) is 3.57. The molecule has 0 fully saturated rings. The number of rotatable bonds is 7. The summed E-state index contributed by atoms with van der Waals surface area (Å²) in [5.74, 6) is 0.367. The number of hydrogen-bond acceptors (Lipinski definition) is 6. The minimum absolute atomic E-state index is 0.0579. The monoisotopic (exact) mass is 352 g/mol. The Kier molecular flexibility index (Phi) is 5.28. The molecule has 26 heavy (non-hydrogen) atoms. The molecule has 0 saturated carbocycles. The third-order valence-corrected chi connectivity index (χ3v) is 4.13. The summed E-state index contributed by atoms with van der Waals surface area (Å²) in [5.41, 5.74) is 1.62. The van der Waals surface area contributed by atoms with Gasteiger partial charge >= 0.3 is 5.97 Å².